The van der Waals surface area contributed by atoms with Crippen LogP contribution in [0.5, 0.6) is 5.88 Å². The molecule has 0 aliphatic carbocycles. The van der Waals surface area contributed by atoms with Crippen LogP contribution in [0.2, 0.25) is 0 Å². The molecule has 0 amide bonds. The largest absolute Gasteiger partial charge is 0.481 e. The van der Waals surface area contributed by atoms with Crippen LogP contribution in [0.3, 0.4) is 0 Å². The minimum Gasteiger partial charge on any atom is -0.481 e. The molecule has 1 aliphatic heterocycles. The highest BCUT2D eigenvalue weighted by molar-refractivity contribution is 5.57. The van der Waals surface area contributed by atoms with Crippen LogP contribution < -0.4 is 15.3 Å². The SMILES string of the molecule is COc1c(C)c(N2CCc3ncc(C(F)(F)F)cc3C2)nc2nn(C)c(=O)n12. The molecule has 0 atom stereocenters. The highest BCUT2D eigenvalue weighted by atomic mass is 19.4. The molecule has 0 spiro atoms. The Hall–Kier alpha value is -3.11. The number of rotatable bonds is 2. The summed E-state index contributed by atoms with van der Waals surface area (Å²) < 4.78 is 46.9. The topological polar surface area (TPSA) is 77.5 Å². The van der Waals surface area contributed by atoms with Gasteiger partial charge >= 0.3 is 11.9 Å². The minimum atomic E-state index is -4.45. The first-order valence-electron chi connectivity index (χ1n) is 8.51. The number of hydrogen-bond acceptors (Lipinski definition) is 6. The van der Waals surface area contributed by atoms with Gasteiger partial charge in [-0.1, -0.05) is 0 Å². The van der Waals surface area contributed by atoms with E-state index in [1.54, 1.807) is 6.92 Å². The zero-order chi connectivity index (χ0) is 20.2. The van der Waals surface area contributed by atoms with Crippen LogP contribution in [-0.2, 0) is 26.2 Å². The van der Waals surface area contributed by atoms with Crippen LogP contribution in [0.15, 0.2) is 17.1 Å². The Labute approximate surface area is 157 Å². The summed E-state index contributed by atoms with van der Waals surface area (Å²) >= 11 is 0. The van der Waals surface area contributed by atoms with E-state index in [4.69, 9.17) is 4.74 Å². The summed E-state index contributed by atoms with van der Waals surface area (Å²) in [6, 6.07) is 1.13. The van der Waals surface area contributed by atoms with E-state index < -0.39 is 17.4 Å². The molecule has 11 heteroatoms. The molecule has 0 radical (unpaired) electrons. The fourth-order valence-electron chi connectivity index (χ4n) is 3.46. The second-order valence-electron chi connectivity index (χ2n) is 6.61. The molecule has 0 aromatic carbocycles. The monoisotopic (exact) mass is 394 g/mol. The Morgan fingerprint density at radius 2 is 2.04 bits per heavy atom. The molecule has 0 unspecified atom stereocenters. The number of alkyl halides is 3. The third-order valence-electron chi connectivity index (χ3n) is 4.83. The second-order valence-corrected chi connectivity index (χ2v) is 6.61. The van der Waals surface area contributed by atoms with Gasteiger partial charge < -0.3 is 9.64 Å². The van der Waals surface area contributed by atoms with E-state index in [0.29, 0.717) is 41.5 Å². The molecule has 148 valence electrons. The van der Waals surface area contributed by atoms with Crippen molar-refractivity contribution in [2.75, 3.05) is 18.6 Å². The molecule has 4 heterocycles. The number of halogens is 3. The van der Waals surface area contributed by atoms with Crippen molar-refractivity contribution in [2.45, 2.75) is 26.1 Å². The number of aryl methyl sites for hydroxylation is 1. The van der Waals surface area contributed by atoms with E-state index in [2.05, 4.69) is 15.1 Å². The number of hydrogen-bond donors (Lipinski definition) is 0. The molecule has 28 heavy (non-hydrogen) atoms. The van der Waals surface area contributed by atoms with Crippen molar-refractivity contribution in [1.29, 1.82) is 0 Å². The molecule has 0 fully saturated rings. The molecule has 4 rings (SSSR count). The number of nitrogens with zero attached hydrogens (tertiary/aromatic N) is 6. The van der Waals surface area contributed by atoms with Gasteiger partial charge in [0.05, 0.1) is 18.2 Å². The Balaban J connectivity index is 1.80. The smallest absolute Gasteiger partial charge is 0.417 e. The molecule has 0 saturated heterocycles. The fraction of sp³-hybridized carbons (Fsp3) is 0.412. The summed E-state index contributed by atoms with van der Waals surface area (Å²) in [7, 11) is 2.95. The van der Waals surface area contributed by atoms with Gasteiger partial charge in [-0.05, 0) is 18.6 Å². The van der Waals surface area contributed by atoms with E-state index in [0.717, 1.165) is 16.9 Å². The maximum atomic E-state index is 13.0. The predicted molar refractivity (Wildman–Crippen MR) is 93.5 cm³/mol. The van der Waals surface area contributed by atoms with Crippen LogP contribution in [0, 0.1) is 6.92 Å². The van der Waals surface area contributed by atoms with Crippen LogP contribution >= 0.6 is 0 Å². The number of fused-ring (bicyclic) bond motifs is 2. The molecule has 1 aliphatic rings. The van der Waals surface area contributed by atoms with Gasteiger partial charge in [0.2, 0.25) is 5.88 Å². The van der Waals surface area contributed by atoms with Gasteiger partial charge in [-0.2, -0.15) is 22.6 Å². The van der Waals surface area contributed by atoms with E-state index in [9.17, 15) is 18.0 Å². The zero-order valence-electron chi connectivity index (χ0n) is 15.4. The maximum absolute atomic E-state index is 13.0. The fourth-order valence-corrected chi connectivity index (χ4v) is 3.46. The van der Waals surface area contributed by atoms with E-state index >= 15 is 0 Å². The summed E-state index contributed by atoms with van der Waals surface area (Å²) in [6.45, 7) is 2.49. The van der Waals surface area contributed by atoms with Crippen molar-refractivity contribution >= 4 is 11.6 Å². The van der Waals surface area contributed by atoms with Crippen LogP contribution in [0.25, 0.3) is 5.78 Å². The van der Waals surface area contributed by atoms with E-state index in [-0.39, 0.29) is 12.3 Å². The highest BCUT2D eigenvalue weighted by Crippen LogP contribution is 2.33. The van der Waals surface area contributed by atoms with Gasteiger partial charge in [0.1, 0.15) is 5.82 Å². The summed E-state index contributed by atoms with van der Waals surface area (Å²) in [5.74, 6) is 0.974. The van der Waals surface area contributed by atoms with Crippen LogP contribution in [0.1, 0.15) is 22.4 Å². The molecule has 0 bridgehead atoms. The molecular formula is C17H17F3N6O2. The lowest BCUT2D eigenvalue weighted by molar-refractivity contribution is -0.137. The van der Waals surface area contributed by atoms with Gasteiger partial charge in [0.15, 0.2) is 0 Å². The molecule has 3 aromatic rings. The molecule has 0 N–H and O–H groups in total. The van der Waals surface area contributed by atoms with Crippen molar-refractivity contribution in [2.24, 2.45) is 7.05 Å². The van der Waals surface area contributed by atoms with Gasteiger partial charge in [-0.3, -0.25) is 4.98 Å². The standard InChI is InChI=1S/C17H17F3N6O2/c1-9-13(22-15-23-24(2)16(27)26(15)14(9)28-3)25-5-4-12-10(8-25)6-11(7-21-12)17(18,19)20/h6-7H,4-5,8H2,1-3H3. The third-order valence-corrected chi connectivity index (χ3v) is 4.83. The number of ether oxygens (including phenoxy) is 1. The number of pyridine rings is 1. The summed E-state index contributed by atoms with van der Waals surface area (Å²) in [6.07, 6.45) is -3.10. The molecular weight excluding hydrogens is 377 g/mol. The van der Waals surface area contributed by atoms with E-state index in [1.165, 1.54) is 18.6 Å². The maximum Gasteiger partial charge on any atom is 0.417 e. The molecule has 3 aromatic heterocycles. The Kier molecular flexibility index (Phi) is 4.05. The lowest BCUT2D eigenvalue weighted by Crippen LogP contribution is -2.33. The second kappa shape index (κ2) is 6.21. The van der Waals surface area contributed by atoms with Crippen molar-refractivity contribution < 1.29 is 17.9 Å². The third kappa shape index (κ3) is 2.77. The lowest BCUT2D eigenvalue weighted by Gasteiger charge is -2.31. The average molecular weight is 394 g/mol. The molecule has 8 nitrogen and oxygen atoms in total. The van der Waals surface area contributed by atoms with Crippen LogP contribution in [0.4, 0.5) is 19.0 Å². The van der Waals surface area contributed by atoms with Crippen molar-refractivity contribution in [3.8, 4) is 5.88 Å². The minimum absolute atomic E-state index is 0.165. The van der Waals surface area contributed by atoms with Crippen LogP contribution in [-0.4, -0.2) is 37.8 Å². The predicted octanol–water partition coefficient (Wildman–Crippen LogP) is 1.72. The Morgan fingerprint density at radius 3 is 2.71 bits per heavy atom. The number of anilines is 1. The first kappa shape index (κ1) is 18.3. The van der Waals surface area contributed by atoms with Gasteiger partial charge in [0.25, 0.3) is 5.78 Å². The van der Waals surface area contributed by atoms with Crippen molar-refractivity contribution in [1.82, 2.24) is 24.1 Å². The lowest BCUT2D eigenvalue weighted by atomic mass is 10.0. The number of methoxy groups -OCH3 is 1. The summed E-state index contributed by atoms with van der Waals surface area (Å²) in [5.41, 5.74) is 0.580. The van der Waals surface area contributed by atoms with Crippen molar-refractivity contribution in [3.63, 3.8) is 0 Å². The quantitative estimate of drug-likeness (QED) is 0.659. The van der Waals surface area contributed by atoms with Crippen molar-refractivity contribution in [3.05, 3.63) is 45.1 Å². The van der Waals surface area contributed by atoms with Gasteiger partial charge in [-0.15, -0.1) is 5.10 Å². The van der Waals surface area contributed by atoms with Gasteiger partial charge in [-0.25, -0.2) is 9.48 Å². The Morgan fingerprint density at radius 1 is 1.29 bits per heavy atom. The molecule has 0 saturated carbocycles. The average Bonchev–Trinajstić information content (AvgIpc) is 2.94. The van der Waals surface area contributed by atoms with Gasteiger partial charge in [0, 0.05) is 38.4 Å². The zero-order valence-corrected chi connectivity index (χ0v) is 15.4. The van der Waals surface area contributed by atoms with E-state index in [1.807, 2.05) is 4.90 Å². The first-order chi connectivity index (χ1) is 13.2. The summed E-state index contributed by atoms with van der Waals surface area (Å²) in [4.78, 5) is 22.6. The number of aromatic nitrogens is 5. The first-order valence-corrected chi connectivity index (χ1v) is 8.51. The highest BCUT2D eigenvalue weighted by Gasteiger charge is 2.33. The normalized spacial score (nSPS) is 14.4. The summed E-state index contributed by atoms with van der Waals surface area (Å²) in [5, 5.41) is 4.10. The Bertz CT molecular complexity index is 1130.